The predicted molar refractivity (Wildman–Crippen MR) is 91.8 cm³/mol. The summed E-state index contributed by atoms with van der Waals surface area (Å²) >= 11 is 0. The normalized spacial score (nSPS) is 11.1. The fraction of sp³-hybridized carbons (Fsp3) is 0.0526. The number of benzene rings is 3. The zero-order valence-corrected chi connectivity index (χ0v) is 12.6. The maximum Gasteiger partial charge on any atom is 0.187 e. The Labute approximate surface area is 126 Å². The Bertz CT molecular complexity index is 866. The highest BCUT2D eigenvalue weighted by atomic mass is 32.2. The molecule has 0 unspecified atom stereocenters. The first kappa shape index (κ1) is 12.4. The van der Waals surface area contributed by atoms with Crippen LogP contribution in [0.15, 0.2) is 72.8 Å². The Balaban J connectivity index is 2.09. The fourth-order valence-electron chi connectivity index (χ4n) is 2.82. The van der Waals surface area contributed by atoms with E-state index in [4.69, 9.17) is 4.74 Å². The number of rotatable bonds is 2. The molecule has 0 N–H and O–H groups in total. The van der Waals surface area contributed by atoms with E-state index in [0.29, 0.717) is 0 Å². The molecule has 4 rings (SSSR count). The molecule has 0 aliphatic heterocycles. The Kier molecular flexibility index (Phi) is 2.90. The first-order valence-corrected chi connectivity index (χ1v) is 8.18. The van der Waals surface area contributed by atoms with Crippen LogP contribution < -0.4 is 4.74 Å². The van der Waals surface area contributed by atoms with Gasteiger partial charge >= 0.3 is 0 Å². The van der Waals surface area contributed by atoms with Gasteiger partial charge < -0.3 is 4.74 Å². The number of thiophene rings is 1. The fourth-order valence-corrected chi connectivity index (χ4v) is 5.20. The minimum atomic E-state index is -0.00637. The summed E-state index contributed by atoms with van der Waals surface area (Å²) in [7, 11) is 1.70. The van der Waals surface area contributed by atoms with Crippen molar-refractivity contribution in [1.29, 1.82) is 0 Å². The predicted octanol–water partition coefficient (Wildman–Crippen LogP) is 5.74. The third kappa shape index (κ3) is 1.91. The summed E-state index contributed by atoms with van der Waals surface area (Å²) in [5.41, 5.74) is 0. The summed E-state index contributed by atoms with van der Waals surface area (Å²) < 4.78 is 8.11. The molecule has 21 heavy (non-hydrogen) atoms. The average molecular weight is 291 g/mol. The minimum absolute atomic E-state index is 0.00637. The number of methoxy groups -OCH3 is 1. The van der Waals surface area contributed by atoms with Crippen molar-refractivity contribution in [2.75, 3.05) is 7.11 Å². The maximum absolute atomic E-state index is 5.27. The van der Waals surface area contributed by atoms with Crippen LogP contribution in [0.5, 0.6) is 5.75 Å². The molecule has 0 spiro atoms. The van der Waals surface area contributed by atoms with Gasteiger partial charge in [0.2, 0.25) is 0 Å². The van der Waals surface area contributed by atoms with Crippen molar-refractivity contribution >= 4 is 30.6 Å². The van der Waals surface area contributed by atoms with Crippen molar-refractivity contribution in [2.45, 2.75) is 0 Å². The Morgan fingerprint density at radius 2 is 1.19 bits per heavy atom. The van der Waals surface area contributed by atoms with Crippen molar-refractivity contribution in [2.24, 2.45) is 0 Å². The summed E-state index contributed by atoms with van der Waals surface area (Å²) in [6.45, 7) is 0. The van der Waals surface area contributed by atoms with Crippen molar-refractivity contribution in [3.63, 3.8) is 0 Å². The van der Waals surface area contributed by atoms with Crippen LogP contribution in [-0.4, -0.2) is 7.11 Å². The van der Waals surface area contributed by atoms with E-state index in [9.17, 15) is 0 Å². The second-order valence-electron chi connectivity index (χ2n) is 4.97. The van der Waals surface area contributed by atoms with Gasteiger partial charge in [-0.2, -0.15) is 0 Å². The summed E-state index contributed by atoms with van der Waals surface area (Å²) in [6, 6.07) is 25.9. The second kappa shape index (κ2) is 4.90. The molecule has 0 amide bonds. The van der Waals surface area contributed by atoms with Crippen LogP contribution in [-0.2, 0) is 0 Å². The quantitative estimate of drug-likeness (QED) is 0.428. The van der Waals surface area contributed by atoms with Gasteiger partial charge in [0.25, 0.3) is 0 Å². The molecule has 102 valence electrons. The molecule has 0 saturated carbocycles. The zero-order valence-electron chi connectivity index (χ0n) is 11.7. The number of fused-ring (bicyclic) bond motifs is 3. The minimum Gasteiger partial charge on any atom is -0.497 e. The largest absolute Gasteiger partial charge is 0.497 e. The third-order valence-electron chi connectivity index (χ3n) is 3.80. The smallest absolute Gasteiger partial charge is 0.187 e. The van der Waals surface area contributed by atoms with Gasteiger partial charge in [0.05, 0.1) is 7.11 Å². The summed E-state index contributed by atoms with van der Waals surface area (Å²) in [6.07, 6.45) is 0. The van der Waals surface area contributed by atoms with E-state index in [2.05, 4.69) is 60.7 Å². The highest BCUT2D eigenvalue weighted by molar-refractivity contribution is 7.50. The Morgan fingerprint density at radius 3 is 1.71 bits per heavy atom. The average Bonchev–Trinajstić information content (AvgIpc) is 2.90. The molecule has 2 heteroatoms. The summed E-state index contributed by atoms with van der Waals surface area (Å²) in [5, 5.41) is 2.74. The SMILES string of the molecule is COc1ccc(-[s+]2c3ccccc3c3ccccc32)cc1. The Morgan fingerprint density at radius 1 is 0.667 bits per heavy atom. The molecule has 0 radical (unpaired) electrons. The molecule has 0 atom stereocenters. The van der Waals surface area contributed by atoms with Crippen LogP contribution in [0, 0.1) is 0 Å². The van der Waals surface area contributed by atoms with E-state index in [1.54, 1.807) is 7.11 Å². The summed E-state index contributed by atoms with van der Waals surface area (Å²) in [4.78, 5) is 1.34. The first-order chi connectivity index (χ1) is 10.4. The molecule has 0 aliphatic carbocycles. The van der Waals surface area contributed by atoms with Gasteiger partial charge in [-0.15, -0.1) is 0 Å². The second-order valence-corrected chi connectivity index (χ2v) is 6.94. The highest BCUT2D eigenvalue weighted by Gasteiger charge is 2.22. The molecular formula is C19H15OS+. The van der Waals surface area contributed by atoms with Crippen LogP contribution >= 0.6 is 10.5 Å². The molecule has 1 nitrogen and oxygen atoms in total. The van der Waals surface area contributed by atoms with Gasteiger partial charge in [0.15, 0.2) is 14.3 Å². The van der Waals surface area contributed by atoms with Crippen LogP contribution in [0.4, 0.5) is 0 Å². The molecular weight excluding hydrogens is 276 g/mol. The van der Waals surface area contributed by atoms with Gasteiger partial charge in [-0.3, -0.25) is 0 Å². The first-order valence-electron chi connectivity index (χ1n) is 6.95. The number of hydrogen-bond acceptors (Lipinski definition) is 1. The standard InChI is InChI=1S/C19H15OS/c1-20-14-10-12-15(13-11-14)21-18-8-4-2-6-16(18)17-7-3-5-9-19(17)21/h2-13H,1H3/q+1. The van der Waals surface area contributed by atoms with Gasteiger partial charge in [0.1, 0.15) is 5.75 Å². The van der Waals surface area contributed by atoms with Crippen LogP contribution in [0.2, 0.25) is 0 Å². The van der Waals surface area contributed by atoms with E-state index in [-0.39, 0.29) is 10.5 Å². The van der Waals surface area contributed by atoms with Crippen LogP contribution in [0.3, 0.4) is 0 Å². The zero-order chi connectivity index (χ0) is 14.2. The van der Waals surface area contributed by atoms with Crippen molar-refractivity contribution < 1.29 is 4.74 Å². The van der Waals surface area contributed by atoms with Crippen molar-refractivity contribution in [3.05, 3.63) is 72.8 Å². The molecule has 4 aromatic rings. The molecule has 0 bridgehead atoms. The molecule has 1 aromatic heterocycles. The topological polar surface area (TPSA) is 9.23 Å². The van der Waals surface area contributed by atoms with Gasteiger partial charge in [-0.25, -0.2) is 0 Å². The van der Waals surface area contributed by atoms with Crippen molar-refractivity contribution in [3.8, 4) is 10.6 Å². The van der Waals surface area contributed by atoms with Crippen LogP contribution in [0.25, 0.3) is 25.1 Å². The van der Waals surface area contributed by atoms with Gasteiger partial charge in [-0.05, 0) is 36.4 Å². The molecule has 0 saturated heterocycles. The summed E-state index contributed by atoms with van der Waals surface area (Å²) in [5.74, 6) is 0.906. The monoisotopic (exact) mass is 291 g/mol. The van der Waals surface area contributed by atoms with E-state index < -0.39 is 0 Å². The molecule has 1 heterocycles. The maximum atomic E-state index is 5.27. The third-order valence-corrected chi connectivity index (χ3v) is 6.13. The molecule has 0 fully saturated rings. The molecule has 3 aromatic carbocycles. The molecule has 0 aliphatic rings. The van der Waals surface area contributed by atoms with E-state index >= 15 is 0 Å². The van der Waals surface area contributed by atoms with Gasteiger partial charge in [0, 0.05) is 33.4 Å². The number of hydrogen-bond donors (Lipinski definition) is 0. The van der Waals surface area contributed by atoms with E-state index in [1.807, 2.05) is 12.1 Å². The lowest BCUT2D eigenvalue weighted by atomic mass is 10.2. The van der Waals surface area contributed by atoms with Crippen LogP contribution in [0.1, 0.15) is 0 Å². The van der Waals surface area contributed by atoms with Crippen molar-refractivity contribution in [1.82, 2.24) is 0 Å². The van der Waals surface area contributed by atoms with Gasteiger partial charge in [-0.1, -0.05) is 24.3 Å². The highest BCUT2D eigenvalue weighted by Crippen LogP contribution is 2.48. The lowest BCUT2D eigenvalue weighted by Crippen LogP contribution is -1.80. The number of ether oxygens (including phenoxy) is 1. The van der Waals surface area contributed by atoms with E-state index in [0.717, 1.165) is 5.75 Å². The lowest BCUT2D eigenvalue weighted by Gasteiger charge is -1.98. The Hall–Kier alpha value is -2.32. The lowest BCUT2D eigenvalue weighted by molar-refractivity contribution is 0.415. The van der Waals surface area contributed by atoms with E-state index in [1.165, 1.54) is 25.1 Å².